The Hall–Kier alpha value is -0.930. The van der Waals surface area contributed by atoms with E-state index in [9.17, 15) is 5.11 Å². The van der Waals surface area contributed by atoms with Crippen LogP contribution < -0.4 is 5.32 Å². The number of nitrogens with zero attached hydrogens (tertiary/aromatic N) is 1. The Morgan fingerprint density at radius 3 is 2.47 bits per heavy atom. The Kier molecular flexibility index (Phi) is 5.09. The van der Waals surface area contributed by atoms with Gasteiger partial charge in [-0.3, -0.25) is 4.98 Å². The Morgan fingerprint density at radius 1 is 1.35 bits per heavy atom. The molecule has 17 heavy (non-hydrogen) atoms. The van der Waals surface area contributed by atoms with Crippen LogP contribution in [0.1, 0.15) is 48.8 Å². The molecular weight excluding hydrogens is 212 g/mol. The van der Waals surface area contributed by atoms with E-state index in [2.05, 4.69) is 37.1 Å². The van der Waals surface area contributed by atoms with Gasteiger partial charge in [0.25, 0.3) is 0 Å². The van der Waals surface area contributed by atoms with Gasteiger partial charge in [-0.15, -0.1) is 0 Å². The minimum atomic E-state index is 0.158. The molecular formula is C14H24N2O. The molecule has 0 radical (unpaired) electrons. The quantitative estimate of drug-likeness (QED) is 0.825. The zero-order valence-corrected chi connectivity index (χ0v) is 11.5. The third-order valence-corrected chi connectivity index (χ3v) is 3.22. The van der Waals surface area contributed by atoms with Gasteiger partial charge in [-0.25, -0.2) is 0 Å². The van der Waals surface area contributed by atoms with E-state index in [4.69, 9.17) is 0 Å². The Balaban J connectivity index is 2.92. The lowest BCUT2D eigenvalue weighted by Gasteiger charge is -2.23. The van der Waals surface area contributed by atoms with Crippen LogP contribution in [0.2, 0.25) is 0 Å². The number of nitrogens with one attached hydrogen (secondary N) is 1. The van der Waals surface area contributed by atoms with Crippen molar-refractivity contribution in [1.29, 1.82) is 0 Å². The second kappa shape index (κ2) is 6.12. The molecule has 2 atom stereocenters. The van der Waals surface area contributed by atoms with Gasteiger partial charge in [0, 0.05) is 23.5 Å². The maximum Gasteiger partial charge on any atom is 0.0584 e. The number of aryl methyl sites for hydroxylation is 3. The van der Waals surface area contributed by atoms with Crippen LogP contribution in [0.4, 0.5) is 0 Å². The number of rotatable bonds is 5. The lowest BCUT2D eigenvalue weighted by atomic mass is 9.99. The summed E-state index contributed by atoms with van der Waals surface area (Å²) in [7, 11) is 0. The van der Waals surface area contributed by atoms with E-state index < -0.39 is 0 Å². The number of hydrogen-bond donors (Lipinski definition) is 2. The van der Waals surface area contributed by atoms with Crippen LogP contribution >= 0.6 is 0 Å². The van der Waals surface area contributed by atoms with Crippen molar-refractivity contribution in [3.8, 4) is 0 Å². The van der Waals surface area contributed by atoms with Crippen molar-refractivity contribution in [1.82, 2.24) is 10.3 Å². The van der Waals surface area contributed by atoms with Gasteiger partial charge in [0.05, 0.1) is 6.61 Å². The van der Waals surface area contributed by atoms with E-state index in [1.54, 1.807) is 0 Å². The first kappa shape index (κ1) is 14.1. The van der Waals surface area contributed by atoms with E-state index >= 15 is 0 Å². The molecule has 3 nitrogen and oxygen atoms in total. The van der Waals surface area contributed by atoms with Crippen LogP contribution in [0.25, 0.3) is 0 Å². The van der Waals surface area contributed by atoms with Gasteiger partial charge in [-0.05, 0) is 51.3 Å². The molecule has 0 fully saturated rings. The molecule has 1 unspecified atom stereocenters. The molecule has 0 saturated carbocycles. The second-order valence-electron chi connectivity index (χ2n) is 4.76. The molecule has 0 saturated heterocycles. The number of aliphatic hydroxyl groups excluding tert-OH is 1. The maximum atomic E-state index is 9.23. The molecule has 0 aromatic carbocycles. The van der Waals surface area contributed by atoms with E-state index in [-0.39, 0.29) is 18.7 Å². The first-order chi connectivity index (χ1) is 7.99. The monoisotopic (exact) mass is 236 g/mol. The SMILES string of the molecule is CC[C@@H](CO)NC(C)c1c(C)cc(C)nc1C. The van der Waals surface area contributed by atoms with E-state index in [1.807, 2.05) is 13.8 Å². The minimum Gasteiger partial charge on any atom is -0.395 e. The highest BCUT2D eigenvalue weighted by molar-refractivity contribution is 5.33. The van der Waals surface area contributed by atoms with Crippen molar-refractivity contribution >= 4 is 0 Å². The molecule has 0 spiro atoms. The number of hydrogen-bond acceptors (Lipinski definition) is 3. The molecule has 2 N–H and O–H groups in total. The smallest absolute Gasteiger partial charge is 0.0584 e. The summed E-state index contributed by atoms with van der Waals surface area (Å²) in [5.41, 5.74) is 4.66. The lowest BCUT2D eigenvalue weighted by Crippen LogP contribution is -2.34. The molecule has 3 heteroatoms. The first-order valence-corrected chi connectivity index (χ1v) is 6.31. The molecule has 0 amide bonds. The van der Waals surface area contributed by atoms with Crippen molar-refractivity contribution in [3.05, 3.63) is 28.6 Å². The standard InChI is InChI=1S/C14H24N2O/c1-6-13(8-17)16-12(5)14-9(2)7-10(3)15-11(14)4/h7,12-13,16-17H,6,8H2,1-5H3/t12?,13-/m0/s1. The highest BCUT2D eigenvalue weighted by atomic mass is 16.3. The van der Waals surface area contributed by atoms with Crippen LogP contribution in [0.3, 0.4) is 0 Å². The summed E-state index contributed by atoms with van der Waals surface area (Å²) >= 11 is 0. The summed E-state index contributed by atoms with van der Waals surface area (Å²) in [5, 5.41) is 12.7. The summed E-state index contributed by atoms with van der Waals surface area (Å²) in [6.07, 6.45) is 0.929. The van der Waals surface area contributed by atoms with Gasteiger partial charge < -0.3 is 10.4 Å². The molecule has 0 aliphatic heterocycles. The molecule has 0 aliphatic carbocycles. The van der Waals surface area contributed by atoms with Gasteiger partial charge in [0.1, 0.15) is 0 Å². The third-order valence-electron chi connectivity index (χ3n) is 3.22. The molecule has 1 aromatic heterocycles. The molecule has 1 heterocycles. The lowest BCUT2D eigenvalue weighted by molar-refractivity contribution is 0.230. The molecule has 96 valence electrons. The van der Waals surface area contributed by atoms with Gasteiger partial charge in [0.15, 0.2) is 0 Å². The van der Waals surface area contributed by atoms with Crippen molar-refractivity contribution in [3.63, 3.8) is 0 Å². The van der Waals surface area contributed by atoms with Crippen LogP contribution in [0.5, 0.6) is 0 Å². The summed E-state index contributed by atoms with van der Waals surface area (Å²) in [4.78, 5) is 4.51. The topological polar surface area (TPSA) is 45.1 Å². The summed E-state index contributed by atoms with van der Waals surface area (Å²) in [6.45, 7) is 10.6. The zero-order valence-electron chi connectivity index (χ0n) is 11.5. The average Bonchev–Trinajstić information content (AvgIpc) is 2.24. The number of aromatic nitrogens is 1. The summed E-state index contributed by atoms with van der Waals surface area (Å²) < 4.78 is 0. The number of aliphatic hydroxyl groups is 1. The van der Waals surface area contributed by atoms with Gasteiger partial charge in [-0.2, -0.15) is 0 Å². The third kappa shape index (κ3) is 3.51. The summed E-state index contributed by atoms with van der Waals surface area (Å²) in [5.74, 6) is 0. The van der Waals surface area contributed by atoms with Gasteiger partial charge in [0.2, 0.25) is 0 Å². The Morgan fingerprint density at radius 2 is 2.00 bits per heavy atom. The molecule has 1 aromatic rings. The van der Waals surface area contributed by atoms with Crippen LogP contribution in [-0.2, 0) is 0 Å². The summed E-state index contributed by atoms with van der Waals surface area (Å²) in [6, 6.07) is 2.49. The van der Waals surface area contributed by atoms with Crippen molar-refractivity contribution < 1.29 is 5.11 Å². The fourth-order valence-electron chi connectivity index (χ4n) is 2.42. The van der Waals surface area contributed by atoms with Crippen molar-refractivity contribution in [2.24, 2.45) is 0 Å². The largest absolute Gasteiger partial charge is 0.395 e. The highest BCUT2D eigenvalue weighted by Crippen LogP contribution is 2.21. The molecule has 1 rings (SSSR count). The van der Waals surface area contributed by atoms with Gasteiger partial charge in [-0.1, -0.05) is 6.92 Å². The van der Waals surface area contributed by atoms with Gasteiger partial charge >= 0.3 is 0 Å². The van der Waals surface area contributed by atoms with Crippen molar-refractivity contribution in [2.75, 3.05) is 6.61 Å². The predicted octanol–water partition coefficient (Wildman–Crippen LogP) is 2.43. The average molecular weight is 236 g/mol. The van der Waals surface area contributed by atoms with Crippen LogP contribution in [0, 0.1) is 20.8 Å². The Labute approximate surface area is 104 Å². The normalized spacial score (nSPS) is 14.7. The van der Waals surface area contributed by atoms with E-state index in [0.717, 1.165) is 17.8 Å². The van der Waals surface area contributed by atoms with E-state index in [1.165, 1.54) is 11.1 Å². The molecule has 0 bridgehead atoms. The minimum absolute atomic E-state index is 0.158. The second-order valence-corrected chi connectivity index (χ2v) is 4.76. The zero-order chi connectivity index (χ0) is 13.0. The predicted molar refractivity (Wildman–Crippen MR) is 71.2 cm³/mol. The van der Waals surface area contributed by atoms with Crippen LogP contribution in [-0.4, -0.2) is 22.7 Å². The fourth-order valence-corrected chi connectivity index (χ4v) is 2.42. The van der Waals surface area contributed by atoms with Crippen LogP contribution in [0.15, 0.2) is 6.07 Å². The fraction of sp³-hybridized carbons (Fsp3) is 0.643. The maximum absolute atomic E-state index is 9.23. The Bertz CT molecular complexity index is 349. The van der Waals surface area contributed by atoms with Crippen molar-refractivity contribution in [2.45, 2.75) is 53.1 Å². The molecule has 0 aliphatic rings. The number of pyridine rings is 1. The first-order valence-electron chi connectivity index (χ1n) is 6.31. The van der Waals surface area contributed by atoms with E-state index in [0.29, 0.717) is 0 Å². The highest BCUT2D eigenvalue weighted by Gasteiger charge is 2.15.